The van der Waals surface area contributed by atoms with Gasteiger partial charge in [0.1, 0.15) is 0 Å². The summed E-state index contributed by atoms with van der Waals surface area (Å²) in [5.41, 5.74) is 0. The van der Waals surface area contributed by atoms with Gasteiger partial charge in [0.15, 0.2) is 0 Å². The Bertz CT molecular complexity index is 275. The van der Waals surface area contributed by atoms with Crippen LogP contribution in [0.1, 0.15) is 0 Å². The molecule has 0 radical (unpaired) electrons. The normalized spacial score (nSPS) is 19.9. The van der Waals surface area contributed by atoms with Crippen molar-refractivity contribution in [2.24, 2.45) is 10.1 Å². The zero-order valence-electron chi connectivity index (χ0n) is 4.95. The maximum Gasteiger partial charge on any atom is 0.372 e. The van der Waals surface area contributed by atoms with Crippen molar-refractivity contribution in [3.8, 4) is 0 Å². The van der Waals surface area contributed by atoms with Crippen LogP contribution in [0.3, 0.4) is 0 Å². The minimum atomic E-state index is 0.809. The maximum absolute atomic E-state index is 3.87. The number of allylic oxidation sites excluding steroid dienone is 2. The number of halogens is 1. The third-order valence-corrected chi connectivity index (χ3v) is 1.66. The summed E-state index contributed by atoms with van der Waals surface area (Å²) in [6, 6.07) is 0. The first-order chi connectivity index (χ1) is 4.86. The van der Waals surface area contributed by atoms with E-state index in [0.29, 0.717) is 0 Å². The SMILES string of the molecule is BrC1=CN2N=[C+]N=C2C=C1. The van der Waals surface area contributed by atoms with Crippen molar-refractivity contribution in [1.82, 2.24) is 5.01 Å². The Morgan fingerprint density at radius 2 is 2.40 bits per heavy atom. The number of hydrogen-bond acceptors (Lipinski definition) is 3. The number of nitrogens with zero attached hydrogens (tertiary/aromatic N) is 3. The van der Waals surface area contributed by atoms with Crippen molar-refractivity contribution in [3.63, 3.8) is 0 Å². The lowest BCUT2D eigenvalue weighted by atomic mass is 10.4. The molecule has 0 fully saturated rings. The van der Waals surface area contributed by atoms with E-state index in [1.807, 2.05) is 18.4 Å². The van der Waals surface area contributed by atoms with Gasteiger partial charge in [-0.2, -0.15) is 0 Å². The average Bonchev–Trinajstić information content (AvgIpc) is 2.33. The fourth-order valence-electron chi connectivity index (χ4n) is 0.747. The van der Waals surface area contributed by atoms with E-state index < -0.39 is 0 Å². The lowest BCUT2D eigenvalue weighted by molar-refractivity contribution is 0.619. The number of rotatable bonds is 0. The highest BCUT2D eigenvalue weighted by molar-refractivity contribution is 9.11. The number of fused-ring (bicyclic) bond motifs is 1. The molecule has 0 amide bonds. The molecule has 0 unspecified atom stereocenters. The Labute approximate surface area is 66.6 Å². The van der Waals surface area contributed by atoms with Crippen molar-refractivity contribution in [3.05, 3.63) is 22.8 Å². The first-order valence-corrected chi connectivity index (χ1v) is 3.53. The summed E-state index contributed by atoms with van der Waals surface area (Å²) in [4.78, 5) is 3.87. The summed E-state index contributed by atoms with van der Waals surface area (Å²) in [5.74, 6) is 0.809. The predicted molar refractivity (Wildman–Crippen MR) is 42.9 cm³/mol. The van der Waals surface area contributed by atoms with Gasteiger partial charge >= 0.3 is 12.2 Å². The van der Waals surface area contributed by atoms with E-state index in [1.54, 1.807) is 5.01 Å². The van der Waals surface area contributed by atoms with Crippen LogP contribution in [-0.4, -0.2) is 17.2 Å². The molecule has 2 heterocycles. The fourth-order valence-corrected chi connectivity index (χ4v) is 1.07. The van der Waals surface area contributed by atoms with Gasteiger partial charge in [-0.3, -0.25) is 0 Å². The average molecular weight is 197 g/mol. The van der Waals surface area contributed by atoms with Gasteiger partial charge in [-0.05, 0) is 22.0 Å². The molecule has 3 nitrogen and oxygen atoms in total. The second-order valence-corrected chi connectivity index (χ2v) is 2.78. The lowest BCUT2D eigenvalue weighted by Crippen LogP contribution is -2.16. The summed E-state index contributed by atoms with van der Waals surface area (Å²) >= 11 is 3.31. The van der Waals surface area contributed by atoms with Gasteiger partial charge < -0.3 is 0 Å². The third kappa shape index (κ3) is 0.781. The standard InChI is InChI=1S/C6H3BrN3/c7-5-1-2-6-8-4-9-10(6)3-5/h1-3H/q+1. The van der Waals surface area contributed by atoms with Crippen molar-refractivity contribution in [1.29, 1.82) is 0 Å². The Morgan fingerprint density at radius 3 is 3.30 bits per heavy atom. The van der Waals surface area contributed by atoms with Crippen LogP contribution < -0.4 is 0 Å². The quantitative estimate of drug-likeness (QED) is 0.538. The Balaban J connectivity index is 2.39. The van der Waals surface area contributed by atoms with Crippen LogP contribution in [-0.2, 0) is 0 Å². The van der Waals surface area contributed by atoms with E-state index in [9.17, 15) is 0 Å². The molecule has 0 aromatic rings. The van der Waals surface area contributed by atoms with Crippen molar-refractivity contribution >= 4 is 28.1 Å². The number of hydrogen-bond donors (Lipinski definition) is 0. The molecule has 0 N–H and O–H groups in total. The summed E-state index contributed by atoms with van der Waals surface area (Å²) in [6.45, 7) is 0. The molecule has 0 atom stereocenters. The summed E-state index contributed by atoms with van der Waals surface area (Å²) < 4.78 is 0.985. The largest absolute Gasteiger partial charge is 0.372 e. The van der Waals surface area contributed by atoms with E-state index >= 15 is 0 Å². The van der Waals surface area contributed by atoms with Gasteiger partial charge in [0, 0.05) is 14.6 Å². The first-order valence-electron chi connectivity index (χ1n) is 2.74. The van der Waals surface area contributed by atoms with Gasteiger partial charge in [0.25, 0.3) is 0 Å². The Morgan fingerprint density at radius 1 is 1.50 bits per heavy atom. The van der Waals surface area contributed by atoms with Gasteiger partial charge in [-0.25, -0.2) is 0 Å². The van der Waals surface area contributed by atoms with E-state index in [2.05, 4.69) is 32.4 Å². The van der Waals surface area contributed by atoms with E-state index in [0.717, 1.165) is 10.3 Å². The van der Waals surface area contributed by atoms with Crippen LogP contribution in [0.25, 0.3) is 0 Å². The molecule has 0 aromatic carbocycles. The number of amidine groups is 1. The highest BCUT2D eigenvalue weighted by atomic mass is 79.9. The monoisotopic (exact) mass is 196 g/mol. The molecule has 10 heavy (non-hydrogen) atoms. The third-order valence-electron chi connectivity index (χ3n) is 1.19. The molecular weight excluding hydrogens is 194 g/mol. The zero-order valence-corrected chi connectivity index (χ0v) is 6.54. The predicted octanol–water partition coefficient (Wildman–Crippen LogP) is 1.33. The molecule has 0 aliphatic carbocycles. The Hall–Kier alpha value is -0.990. The van der Waals surface area contributed by atoms with Gasteiger partial charge in [-0.1, -0.05) is 0 Å². The summed E-state index contributed by atoms with van der Waals surface area (Å²) in [7, 11) is 0. The second-order valence-electron chi connectivity index (χ2n) is 1.86. The van der Waals surface area contributed by atoms with Crippen LogP contribution >= 0.6 is 15.9 Å². The summed E-state index contributed by atoms with van der Waals surface area (Å²) in [5, 5.41) is 5.49. The molecule has 4 heteroatoms. The molecule has 0 saturated heterocycles. The molecule has 0 bridgehead atoms. The van der Waals surface area contributed by atoms with Crippen LogP contribution in [0.4, 0.5) is 0 Å². The van der Waals surface area contributed by atoms with Gasteiger partial charge in [-0.15, -0.1) is 5.01 Å². The number of aliphatic imine (C=N–C) groups is 1. The summed E-state index contributed by atoms with van der Waals surface area (Å²) in [6.07, 6.45) is 8.12. The molecule has 2 rings (SSSR count). The van der Waals surface area contributed by atoms with Crippen molar-refractivity contribution < 1.29 is 0 Å². The molecule has 0 saturated carbocycles. The molecule has 48 valence electrons. The van der Waals surface area contributed by atoms with Gasteiger partial charge in [0.05, 0.1) is 12.3 Å². The first kappa shape index (κ1) is 5.77. The maximum atomic E-state index is 3.87. The Kier molecular flexibility index (Phi) is 1.16. The van der Waals surface area contributed by atoms with Crippen molar-refractivity contribution in [2.75, 3.05) is 0 Å². The van der Waals surface area contributed by atoms with E-state index in [-0.39, 0.29) is 0 Å². The van der Waals surface area contributed by atoms with Crippen molar-refractivity contribution in [2.45, 2.75) is 0 Å². The highest BCUT2D eigenvalue weighted by Crippen LogP contribution is 2.16. The van der Waals surface area contributed by atoms with Gasteiger partial charge in [0.2, 0.25) is 0 Å². The van der Waals surface area contributed by atoms with Crippen LogP contribution in [0, 0.1) is 0 Å². The molecule has 2 aliphatic rings. The zero-order chi connectivity index (χ0) is 6.97. The second kappa shape index (κ2) is 2.01. The smallest absolute Gasteiger partial charge is 0.112 e. The minimum absolute atomic E-state index is 0.809. The molecular formula is C6H3BrN3+. The highest BCUT2D eigenvalue weighted by Gasteiger charge is 2.23. The molecule has 0 aromatic heterocycles. The van der Waals surface area contributed by atoms with E-state index in [1.165, 1.54) is 0 Å². The van der Waals surface area contributed by atoms with Crippen LogP contribution in [0.2, 0.25) is 0 Å². The lowest BCUT2D eigenvalue weighted by Gasteiger charge is -2.02. The molecule has 0 spiro atoms. The fraction of sp³-hybridized carbons (Fsp3) is 0. The topological polar surface area (TPSA) is 28.0 Å². The van der Waals surface area contributed by atoms with E-state index in [4.69, 9.17) is 0 Å². The van der Waals surface area contributed by atoms with Crippen LogP contribution in [0.5, 0.6) is 0 Å². The van der Waals surface area contributed by atoms with Crippen LogP contribution in [0.15, 0.2) is 32.9 Å². The number of hydrazone groups is 1. The minimum Gasteiger partial charge on any atom is -0.112 e. The molecule has 2 aliphatic heterocycles.